The molecule has 5 heteroatoms. The summed E-state index contributed by atoms with van der Waals surface area (Å²) in [4.78, 5) is 24.3. The van der Waals surface area contributed by atoms with Gasteiger partial charge in [0, 0.05) is 34.7 Å². The highest BCUT2D eigenvalue weighted by Gasteiger charge is 2.55. The zero-order valence-electron chi connectivity index (χ0n) is 13.5. The molecule has 0 radical (unpaired) electrons. The second kappa shape index (κ2) is 5.31. The monoisotopic (exact) mass is 388 g/mol. The van der Waals surface area contributed by atoms with E-state index < -0.39 is 11.4 Å². The van der Waals surface area contributed by atoms with Gasteiger partial charge in [-0.3, -0.25) is 9.59 Å². The number of methoxy groups -OCH3 is 1. The third-order valence-electron chi connectivity index (χ3n) is 5.23. The number of rotatable bonds is 2. The van der Waals surface area contributed by atoms with Crippen LogP contribution in [0.2, 0.25) is 0 Å². The fourth-order valence-corrected chi connectivity index (χ4v) is 4.96. The first kappa shape index (κ1) is 15.6. The highest BCUT2D eigenvalue weighted by atomic mass is 79.9. The lowest BCUT2D eigenvalue weighted by Gasteiger charge is -2.38. The van der Waals surface area contributed by atoms with Gasteiger partial charge < -0.3 is 9.47 Å². The van der Waals surface area contributed by atoms with E-state index in [1.54, 1.807) is 7.11 Å². The highest BCUT2D eigenvalue weighted by molar-refractivity contribution is 9.10. The van der Waals surface area contributed by atoms with E-state index in [-0.39, 0.29) is 11.7 Å². The first-order valence-electron chi connectivity index (χ1n) is 7.97. The molecule has 2 bridgehead atoms. The van der Waals surface area contributed by atoms with Gasteiger partial charge in [0.15, 0.2) is 11.5 Å². The zero-order chi connectivity index (χ0) is 17.1. The van der Waals surface area contributed by atoms with Crippen molar-refractivity contribution < 1.29 is 19.1 Å². The number of carbonyl (C=O) groups is 2. The number of hydrogen-bond acceptors (Lipinski definition) is 4. The van der Waals surface area contributed by atoms with Crippen molar-refractivity contribution in [2.24, 2.45) is 5.92 Å². The minimum Gasteiger partial charge on any atom is -0.493 e. The molecule has 1 aromatic rings. The van der Waals surface area contributed by atoms with E-state index in [0.29, 0.717) is 24.3 Å². The van der Waals surface area contributed by atoms with Crippen LogP contribution in [0.5, 0.6) is 11.5 Å². The van der Waals surface area contributed by atoms with Crippen LogP contribution in [-0.4, -0.2) is 18.9 Å². The fraction of sp³-hybridized carbons (Fsp3) is 0.368. The van der Waals surface area contributed by atoms with Crippen LogP contribution >= 0.6 is 15.9 Å². The molecule has 2 atom stereocenters. The molecular weight excluding hydrogens is 372 g/mol. The predicted molar refractivity (Wildman–Crippen MR) is 92.3 cm³/mol. The Labute approximate surface area is 148 Å². The normalized spacial score (nSPS) is 26.5. The van der Waals surface area contributed by atoms with E-state index in [1.807, 2.05) is 6.07 Å². The Bertz CT molecular complexity index is 836. The summed E-state index contributed by atoms with van der Waals surface area (Å²) >= 11 is 3.61. The minimum atomic E-state index is -0.505. The summed E-state index contributed by atoms with van der Waals surface area (Å²) in [7, 11) is 1.55. The topological polar surface area (TPSA) is 52.6 Å². The van der Waals surface area contributed by atoms with Crippen LogP contribution < -0.4 is 9.47 Å². The number of halogens is 1. The van der Waals surface area contributed by atoms with Gasteiger partial charge in [-0.1, -0.05) is 34.2 Å². The number of carbonyl (C=O) groups excluding carboxylic acids is 2. The van der Waals surface area contributed by atoms with Gasteiger partial charge in [-0.15, -0.1) is 0 Å². The van der Waals surface area contributed by atoms with Crippen molar-refractivity contribution in [3.63, 3.8) is 0 Å². The molecule has 0 aromatic heterocycles. The zero-order valence-corrected chi connectivity index (χ0v) is 15.1. The highest BCUT2D eigenvalue weighted by Crippen LogP contribution is 2.60. The third-order valence-corrected chi connectivity index (χ3v) is 5.93. The van der Waals surface area contributed by atoms with Gasteiger partial charge in [0.05, 0.1) is 7.11 Å². The minimum absolute atomic E-state index is 0.0719. The third kappa shape index (κ3) is 1.97. The molecule has 0 unspecified atom stereocenters. The summed E-state index contributed by atoms with van der Waals surface area (Å²) in [5.41, 5.74) is 2.57. The summed E-state index contributed by atoms with van der Waals surface area (Å²) in [6.45, 7) is 1.38. The molecule has 0 spiro atoms. The Kier molecular flexibility index (Phi) is 3.46. The Morgan fingerprint density at radius 1 is 1.42 bits per heavy atom. The van der Waals surface area contributed by atoms with E-state index in [9.17, 15) is 9.59 Å². The number of ketones is 1. The summed E-state index contributed by atoms with van der Waals surface area (Å²) in [6.07, 6.45) is 8.24. The van der Waals surface area contributed by atoms with Crippen LogP contribution in [-0.2, 0) is 21.4 Å². The average Bonchev–Trinajstić information content (AvgIpc) is 2.75. The van der Waals surface area contributed by atoms with Crippen LogP contribution in [0, 0.1) is 5.92 Å². The number of benzene rings is 1. The second-order valence-corrected chi connectivity index (χ2v) is 7.36. The predicted octanol–water partition coefficient (Wildman–Crippen LogP) is 3.65. The molecule has 0 heterocycles. The van der Waals surface area contributed by atoms with Crippen molar-refractivity contribution in [1.82, 2.24) is 0 Å². The van der Waals surface area contributed by atoms with Crippen LogP contribution in [0.25, 0.3) is 0 Å². The molecule has 0 N–H and O–H groups in total. The molecule has 3 aliphatic rings. The molecule has 3 aliphatic carbocycles. The van der Waals surface area contributed by atoms with Crippen molar-refractivity contribution in [3.05, 3.63) is 45.5 Å². The quantitative estimate of drug-likeness (QED) is 0.440. The number of esters is 1. The molecule has 1 fully saturated rings. The number of Topliss-reactive ketones (excluding diaryl/α,β-unsaturated/α-hetero) is 1. The lowest BCUT2D eigenvalue weighted by Crippen LogP contribution is -2.32. The van der Waals surface area contributed by atoms with Gasteiger partial charge in [-0.05, 0) is 30.0 Å². The second-order valence-electron chi connectivity index (χ2n) is 6.51. The summed E-state index contributed by atoms with van der Waals surface area (Å²) < 4.78 is 11.9. The van der Waals surface area contributed by atoms with E-state index in [0.717, 1.165) is 27.6 Å². The standard InChI is InChI=1S/C19H17BrO4/c1-10(21)24-18-16(23-2)8-14(20)12-7-11-13-5-3-4-6-19(13,17(12)18)9-15(11)22/h4-6,8,11H,3,7,9H2,1-2H3/t11-,19-/m0/s1. The van der Waals surface area contributed by atoms with Crippen molar-refractivity contribution >= 4 is 27.7 Å². The molecule has 0 amide bonds. The summed E-state index contributed by atoms with van der Waals surface area (Å²) in [6, 6.07) is 1.82. The van der Waals surface area contributed by atoms with Crippen molar-refractivity contribution in [3.8, 4) is 11.5 Å². The lowest BCUT2D eigenvalue weighted by atomic mass is 9.65. The summed E-state index contributed by atoms with van der Waals surface area (Å²) in [5.74, 6) is 0.724. The van der Waals surface area contributed by atoms with E-state index >= 15 is 0 Å². The van der Waals surface area contributed by atoms with Gasteiger partial charge in [0.2, 0.25) is 0 Å². The molecule has 24 heavy (non-hydrogen) atoms. The maximum absolute atomic E-state index is 12.7. The van der Waals surface area contributed by atoms with Crippen LogP contribution in [0.15, 0.2) is 34.3 Å². The van der Waals surface area contributed by atoms with E-state index in [1.165, 1.54) is 6.92 Å². The van der Waals surface area contributed by atoms with Gasteiger partial charge in [-0.25, -0.2) is 0 Å². The SMILES string of the molecule is COc1cc(Br)c2c(c1OC(C)=O)[C@]13C=CCC=C1[C@H](C2)C(=O)C3. The number of fused-ring (bicyclic) bond motifs is 1. The van der Waals surface area contributed by atoms with Crippen LogP contribution in [0.4, 0.5) is 0 Å². The maximum atomic E-state index is 12.7. The number of allylic oxidation sites excluding steroid dienone is 4. The Hall–Kier alpha value is -1.88. The largest absolute Gasteiger partial charge is 0.493 e. The molecule has 4 rings (SSSR count). The average molecular weight is 389 g/mol. The van der Waals surface area contributed by atoms with Crippen LogP contribution in [0.1, 0.15) is 30.9 Å². The van der Waals surface area contributed by atoms with Crippen LogP contribution in [0.3, 0.4) is 0 Å². The number of ether oxygens (including phenoxy) is 2. The Morgan fingerprint density at radius 2 is 2.21 bits per heavy atom. The van der Waals surface area contributed by atoms with Gasteiger partial charge in [0.1, 0.15) is 5.78 Å². The molecule has 0 aliphatic heterocycles. The maximum Gasteiger partial charge on any atom is 0.308 e. The summed E-state index contributed by atoms with van der Waals surface area (Å²) in [5, 5.41) is 0. The molecule has 4 nitrogen and oxygen atoms in total. The molecule has 1 aromatic carbocycles. The smallest absolute Gasteiger partial charge is 0.308 e. The molecule has 124 valence electrons. The fourth-order valence-electron chi connectivity index (χ4n) is 4.39. The number of hydrogen-bond donors (Lipinski definition) is 0. The lowest BCUT2D eigenvalue weighted by molar-refractivity contribution is -0.132. The first-order valence-corrected chi connectivity index (χ1v) is 8.76. The van der Waals surface area contributed by atoms with E-state index in [2.05, 4.69) is 34.2 Å². The Morgan fingerprint density at radius 3 is 2.92 bits per heavy atom. The van der Waals surface area contributed by atoms with Gasteiger partial charge in [-0.2, -0.15) is 0 Å². The van der Waals surface area contributed by atoms with Gasteiger partial charge in [0.25, 0.3) is 0 Å². The van der Waals surface area contributed by atoms with Gasteiger partial charge >= 0.3 is 5.97 Å². The van der Waals surface area contributed by atoms with Crippen molar-refractivity contribution in [2.75, 3.05) is 7.11 Å². The first-order chi connectivity index (χ1) is 11.5. The van der Waals surface area contributed by atoms with E-state index in [4.69, 9.17) is 9.47 Å². The molecule has 0 saturated heterocycles. The Balaban J connectivity index is 2.07. The molecule has 1 saturated carbocycles. The molecular formula is C19H17BrO4. The van der Waals surface area contributed by atoms with Crippen molar-refractivity contribution in [1.29, 1.82) is 0 Å². The van der Waals surface area contributed by atoms with Crippen molar-refractivity contribution in [2.45, 2.75) is 31.6 Å².